The van der Waals surface area contributed by atoms with Crippen LogP contribution in [0.2, 0.25) is 0 Å². The molecule has 3 aromatic rings. The van der Waals surface area contributed by atoms with Gasteiger partial charge in [0, 0.05) is 23.0 Å². The van der Waals surface area contributed by atoms with E-state index in [4.69, 9.17) is 5.11 Å². The SMILES string of the molecule is Cc1nc(Nc2ccc(S(=O)(=O)Nc3ncccn3)cc2)sc1CC(=O)O. The standard InChI is InChI=1S/C16H15N5O4S2/c1-10-13(9-14(22)23)26-16(19-10)20-11-3-5-12(6-4-11)27(24,25)21-15-17-7-2-8-18-15/h2-8H,9H2,1H3,(H,19,20)(H,22,23)(H,17,18,21). The molecule has 0 fully saturated rings. The van der Waals surface area contributed by atoms with E-state index in [1.54, 1.807) is 25.1 Å². The Balaban J connectivity index is 1.73. The number of hydrogen-bond donors (Lipinski definition) is 3. The number of nitrogens with one attached hydrogen (secondary N) is 2. The van der Waals surface area contributed by atoms with E-state index in [0.717, 1.165) is 0 Å². The van der Waals surface area contributed by atoms with Crippen molar-refractivity contribution in [1.82, 2.24) is 15.0 Å². The average molecular weight is 405 g/mol. The van der Waals surface area contributed by atoms with Crippen LogP contribution in [0.15, 0.2) is 47.6 Å². The lowest BCUT2D eigenvalue weighted by Crippen LogP contribution is -2.14. The van der Waals surface area contributed by atoms with Crippen LogP contribution in [0.3, 0.4) is 0 Å². The van der Waals surface area contributed by atoms with Crippen LogP contribution in [0.25, 0.3) is 0 Å². The van der Waals surface area contributed by atoms with Gasteiger partial charge in [0.2, 0.25) is 5.95 Å². The van der Waals surface area contributed by atoms with Crippen molar-refractivity contribution in [1.29, 1.82) is 0 Å². The Bertz CT molecular complexity index is 1050. The van der Waals surface area contributed by atoms with Crippen LogP contribution >= 0.6 is 11.3 Å². The first-order chi connectivity index (χ1) is 12.8. The number of thiazole rings is 1. The Kier molecular flexibility index (Phi) is 5.33. The molecule has 3 rings (SSSR count). The van der Waals surface area contributed by atoms with Crippen LogP contribution < -0.4 is 10.0 Å². The zero-order chi connectivity index (χ0) is 19.4. The fraction of sp³-hybridized carbons (Fsp3) is 0.125. The number of carboxylic acid groups (broad SMARTS) is 1. The molecule has 0 aliphatic rings. The Morgan fingerprint density at radius 2 is 1.85 bits per heavy atom. The van der Waals surface area contributed by atoms with E-state index in [0.29, 0.717) is 21.4 Å². The van der Waals surface area contributed by atoms with Crippen molar-refractivity contribution in [3.63, 3.8) is 0 Å². The number of rotatable bonds is 7. The Morgan fingerprint density at radius 3 is 2.48 bits per heavy atom. The second-order valence-corrected chi connectivity index (χ2v) is 8.19. The van der Waals surface area contributed by atoms with E-state index >= 15 is 0 Å². The van der Waals surface area contributed by atoms with Gasteiger partial charge in [0.1, 0.15) is 0 Å². The molecule has 0 aliphatic carbocycles. The van der Waals surface area contributed by atoms with Gasteiger partial charge in [-0.25, -0.2) is 28.1 Å². The Morgan fingerprint density at radius 1 is 1.19 bits per heavy atom. The third kappa shape index (κ3) is 4.77. The molecule has 0 saturated heterocycles. The molecular formula is C16H15N5O4S2. The fourth-order valence-electron chi connectivity index (χ4n) is 2.15. The molecule has 1 aromatic carbocycles. The maximum absolute atomic E-state index is 12.3. The summed E-state index contributed by atoms with van der Waals surface area (Å²) in [5.74, 6) is -0.929. The van der Waals surface area contributed by atoms with Crippen LogP contribution in [0.4, 0.5) is 16.8 Å². The maximum atomic E-state index is 12.3. The largest absolute Gasteiger partial charge is 0.481 e. The summed E-state index contributed by atoms with van der Waals surface area (Å²) < 4.78 is 27.0. The van der Waals surface area contributed by atoms with Crippen molar-refractivity contribution in [3.05, 3.63) is 53.3 Å². The molecule has 9 nitrogen and oxygen atoms in total. The molecule has 140 valence electrons. The van der Waals surface area contributed by atoms with E-state index in [9.17, 15) is 13.2 Å². The number of benzene rings is 1. The number of carboxylic acids is 1. The summed E-state index contributed by atoms with van der Waals surface area (Å²) in [7, 11) is -3.80. The van der Waals surface area contributed by atoms with Crippen LogP contribution in [0.5, 0.6) is 0 Å². The molecule has 0 radical (unpaired) electrons. The van der Waals surface area contributed by atoms with Gasteiger partial charge in [-0.1, -0.05) is 0 Å². The number of aromatic nitrogens is 3. The zero-order valence-corrected chi connectivity index (χ0v) is 15.7. The summed E-state index contributed by atoms with van der Waals surface area (Å²) >= 11 is 1.24. The minimum absolute atomic E-state index is 0.0103. The monoisotopic (exact) mass is 405 g/mol. The minimum atomic E-state index is -3.80. The summed E-state index contributed by atoms with van der Waals surface area (Å²) in [4.78, 5) is 23.5. The molecule has 3 N–H and O–H groups in total. The Hall–Kier alpha value is -3.05. The van der Waals surface area contributed by atoms with Gasteiger partial charge in [-0.2, -0.15) is 0 Å². The summed E-state index contributed by atoms with van der Waals surface area (Å²) in [6.45, 7) is 1.74. The van der Waals surface area contributed by atoms with Crippen LogP contribution in [0, 0.1) is 6.92 Å². The number of aryl methyl sites for hydroxylation is 1. The molecule has 0 atom stereocenters. The van der Waals surface area contributed by atoms with Gasteiger partial charge in [0.05, 0.1) is 17.0 Å². The smallest absolute Gasteiger partial charge is 0.308 e. The normalized spacial score (nSPS) is 11.1. The van der Waals surface area contributed by atoms with Crippen molar-refractivity contribution in [2.75, 3.05) is 10.0 Å². The van der Waals surface area contributed by atoms with Crippen LogP contribution in [-0.2, 0) is 21.2 Å². The summed E-state index contributed by atoms with van der Waals surface area (Å²) in [6.07, 6.45) is 2.79. The molecule has 0 amide bonds. The lowest BCUT2D eigenvalue weighted by atomic mass is 10.3. The Labute approximate surface area is 159 Å². The van der Waals surface area contributed by atoms with E-state index in [1.807, 2.05) is 0 Å². The van der Waals surface area contributed by atoms with E-state index < -0.39 is 16.0 Å². The molecule has 27 heavy (non-hydrogen) atoms. The first-order valence-electron chi connectivity index (χ1n) is 7.68. The third-order valence-corrected chi connectivity index (χ3v) is 5.83. The molecular weight excluding hydrogens is 390 g/mol. The van der Waals surface area contributed by atoms with Crippen molar-refractivity contribution in [2.24, 2.45) is 0 Å². The highest BCUT2D eigenvalue weighted by Crippen LogP contribution is 2.27. The predicted octanol–water partition coefficient (Wildman–Crippen LogP) is 2.41. The van der Waals surface area contributed by atoms with Crippen molar-refractivity contribution >= 4 is 44.1 Å². The van der Waals surface area contributed by atoms with Crippen LogP contribution in [-0.4, -0.2) is 34.4 Å². The number of anilines is 3. The molecule has 0 saturated carbocycles. The van der Waals surface area contributed by atoms with Crippen molar-refractivity contribution in [3.8, 4) is 0 Å². The molecule has 2 aromatic heterocycles. The van der Waals surface area contributed by atoms with Gasteiger partial charge < -0.3 is 10.4 Å². The quantitative estimate of drug-likeness (QED) is 0.545. The predicted molar refractivity (Wildman–Crippen MR) is 101 cm³/mol. The number of sulfonamides is 1. The van der Waals surface area contributed by atoms with Crippen molar-refractivity contribution in [2.45, 2.75) is 18.2 Å². The highest BCUT2D eigenvalue weighted by Gasteiger charge is 2.16. The van der Waals surface area contributed by atoms with E-state index in [2.05, 4.69) is 25.0 Å². The molecule has 0 aliphatic heterocycles. The minimum Gasteiger partial charge on any atom is -0.481 e. The van der Waals surface area contributed by atoms with Crippen LogP contribution in [0.1, 0.15) is 10.6 Å². The lowest BCUT2D eigenvalue weighted by molar-refractivity contribution is -0.136. The first-order valence-corrected chi connectivity index (χ1v) is 9.98. The highest BCUT2D eigenvalue weighted by molar-refractivity contribution is 7.92. The summed E-state index contributed by atoms with van der Waals surface area (Å²) in [5.41, 5.74) is 1.27. The number of nitrogens with zero attached hydrogens (tertiary/aromatic N) is 3. The fourth-order valence-corrected chi connectivity index (χ4v) is 4.09. The number of hydrogen-bond acceptors (Lipinski definition) is 8. The number of carbonyl (C=O) groups is 1. The maximum Gasteiger partial charge on any atom is 0.308 e. The van der Waals surface area contributed by atoms with Gasteiger partial charge in [0.25, 0.3) is 10.0 Å². The van der Waals surface area contributed by atoms with E-state index in [-0.39, 0.29) is 17.3 Å². The number of aliphatic carboxylic acids is 1. The van der Waals surface area contributed by atoms with Gasteiger partial charge in [-0.05, 0) is 37.3 Å². The second kappa shape index (κ2) is 7.68. The van der Waals surface area contributed by atoms with E-state index in [1.165, 1.54) is 35.9 Å². The average Bonchev–Trinajstić information content (AvgIpc) is 2.94. The zero-order valence-electron chi connectivity index (χ0n) is 14.1. The van der Waals surface area contributed by atoms with Gasteiger partial charge in [0.15, 0.2) is 5.13 Å². The van der Waals surface area contributed by atoms with Gasteiger partial charge in [-0.3, -0.25) is 4.79 Å². The molecule has 2 heterocycles. The highest BCUT2D eigenvalue weighted by atomic mass is 32.2. The first kappa shape index (κ1) is 18.7. The molecule has 11 heteroatoms. The lowest BCUT2D eigenvalue weighted by Gasteiger charge is -2.07. The third-order valence-electron chi connectivity index (χ3n) is 3.41. The topological polar surface area (TPSA) is 134 Å². The van der Waals surface area contributed by atoms with Gasteiger partial charge >= 0.3 is 5.97 Å². The second-order valence-electron chi connectivity index (χ2n) is 5.43. The molecule has 0 unspecified atom stereocenters. The summed E-state index contributed by atoms with van der Waals surface area (Å²) in [5, 5.41) is 12.5. The molecule has 0 bridgehead atoms. The van der Waals surface area contributed by atoms with Gasteiger partial charge in [-0.15, -0.1) is 11.3 Å². The summed E-state index contributed by atoms with van der Waals surface area (Å²) in [6, 6.07) is 7.64. The molecule has 0 spiro atoms. The van der Waals surface area contributed by atoms with Crippen molar-refractivity contribution < 1.29 is 18.3 Å².